The van der Waals surface area contributed by atoms with Crippen LogP contribution in [0.2, 0.25) is 0 Å². The van der Waals surface area contributed by atoms with Crippen LogP contribution < -0.4 is 0 Å². The first-order chi connectivity index (χ1) is 28.2. The zero-order valence-corrected chi connectivity index (χ0v) is 37.4. The molecule has 3 heterocycles. The second-order valence-corrected chi connectivity index (χ2v) is 18.0. The van der Waals surface area contributed by atoms with E-state index in [-0.39, 0.29) is 10.0 Å². The smallest absolute Gasteiger partial charge is 0.172 e. The molecule has 3 fully saturated rings. The molecule has 14 atom stereocenters. The van der Waals surface area contributed by atoms with Gasteiger partial charge in [-0.15, -0.1) is 0 Å². The first kappa shape index (κ1) is 44.0. The molecule has 3 saturated heterocycles. The Morgan fingerprint density at radius 2 is 0.879 bits per heavy atom. The summed E-state index contributed by atoms with van der Waals surface area (Å²) in [6.07, 6.45) is -5.95. The molecular weight excluding hydrogens is 966 g/mol. The van der Waals surface area contributed by atoms with Crippen molar-refractivity contribution < 1.29 is 47.7 Å². The van der Waals surface area contributed by atoms with Gasteiger partial charge in [-0.05, 0) is 43.0 Å². The minimum Gasteiger partial charge on any atom is -0.389 e. The molecule has 4 aromatic carbocycles. The molecule has 0 radical (unpaired) electrons. The van der Waals surface area contributed by atoms with Crippen LogP contribution in [0.4, 0.5) is 0 Å². The number of aliphatic hydroxyl groups is 1. The van der Waals surface area contributed by atoms with Gasteiger partial charge in [0.25, 0.3) is 0 Å². The minimum atomic E-state index is -0.835. The lowest BCUT2D eigenvalue weighted by Crippen LogP contribution is -2.62. The molecule has 0 aromatic heterocycles. The summed E-state index contributed by atoms with van der Waals surface area (Å²) in [6.45, 7) is 7.45. The Morgan fingerprint density at radius 1 is 0.483 bits per heavy atom. The van der Waals surface area contributed by atoms with E-state index in [2.05, 4.69) is 45.2 Å². The first-order valence-corrected chi connectivity index (χ1v) is 22.6. The minimum absolute atomic E-state index is 0.332. The summed E-state index contributed by atoms with van der Waals surface area (Å²) in [5, 5.41) is 11.6. The van der Waals surface area contributed by atoms with Crippen LogP contribution in [0.5, 0.6) is 0 Å². The van der Waals surface area contributed by atoms with Gasteiger partial charge in [0, 0.05) is 6.42 Å². The number of hydrogen-bond acceptors (Lipinski definition) is 10. The Hall–Kier alpha value is -2.06. The number of halogens is 2. The van der Waals surface area contributed by atoms with Crippen LogP contribution in [-0.2, 0) is 69.1 Å². The quantitative estimate of drug-likeness (QED) is 0.0872. The fourth-order valence-corrected chi connectivity index (χ4v) is 9.32. The van der Waals surface area contributed by atoms with Crippen LogP contribution in [0.15, 0.2) is 121 Å². The van der Waals surface area contributed by atoms with Crippen LogP contribution in [0.3, 0.4) is 0 Å². The van der Waals surface area contributed by atoms with Crippen LogP contribution >= 0.6 is 45.2 Å². The van der Waals surface area contributed by atoms with Crippen molar-refractivity contribution in [3.05, 3.63) is 144 Å². The zero-order valence-electron chi connectivity index (χ0n) is 33.0. The lowest BCUT2D eigenvalue weighted by molar-refractivity contribution is -0.330. The zero-order chi connectivity index (χ0) is 40.4. The molecule has 0 saturated carbocycles. The molecule has 3 aliphatic rings. The second-order valence-electron chi connectivity index (χ2n) is 15.2. The van der Waals surface area contributed by atoms with Crippen LogP contribution in [0, 0.1) is 0 Å². The molecule has 4 aromatic rings. The third-order valence-corrected chi connectivity index (χ3v) is 13.4. The van der Waals surface area contributed by atoms with Gasteiger partial charge in [0.15, 0.2) is 18.9 Å². The Balaban J connectivity index is 1.08. The lowest BCUT2D eigenvalue weighted by atomic mass is 9.99. The van der Waals surface area contributed by atoms with E-state index in [1.165, 1.54) is 0 Å². The summed E-state index contributed by atoms with van der Waals surface area (Å²) < 4.78 is 58.6. The third kappa shape index (κ3) is 11.6. The predicted molar refractivity (Wildman–Crippen MR) is 235 cm³/mol. The lowest BCUT2D eigenvalue weighted by Gasteiger charge is -2.49. The van der Waals surface area contributed by atoms with Gasteiger partial charge in [0.2, 0.25) is 0 Å². The van der Waals surface area contributed by atoms with Crippen LogP contribution in [0.25, 0.3) is 0 Å². The van der Waals surface area contributed by atoms with E-state index in [0.29, 0.717) is 32.8 Å². The maximum atomic E-state index is 11.6. The number of alkyl halides is 2. The van der Waals surface area contributed by atoms with Gasteiger partial charge in [-0.25, -0.2) is 0 Å². The third-order valence-electron chi connectivity index (χ3n) is 10.8. The van der Waals surface area contributed by atoms with Crippen molar-refractivity contribution in [2.75, 3.05) is 0 Å². The molecule has 12 heteroatoms. The highest BCUT2D eigenvalue weighted by Gasteiger charge is 2.52. The van der Waals surface area contributed by atoms with Crippen molar-refractivity contribution in [2.24, 2.45) is 0 Å². The van der Waals surface area contributed by atoms with Crippen molar-refractivity contribution in [3.63, 3.8) is 0 Å². The van der Waals surface area contributed by atoms with Gasteiger partial charge in [-0.1, -0.05) is 167 Å². The normalized spacial score (nSPS) is 34.1. The first-order valence-electron chi connectivity index (χ1n) is 20.1. The second kappa shape index (κ2) is 21.6. The van der Waals surface area contributed by atoms with Gasteiger partial charge >= 0.3 is 0 Å². The fraction of sp³-hybridized carbons (Fsp3) is 0.478. The van der Waals surface area contributed by atoms with E-state index in [0.717, 1.165) is 22.3 Å². The van der Waals surface area contributed by atoms with Crippen molar-refractivity contribution >= 4 is 45.2 Å². The molecule has 58 heavy (non-hydrogen) atoms. The predicted octanol–water partition coefficient (Wildman–Crippen LogP) is 8.32. The Morgan fingerprint density at radius 3 is 1.38 bits per heavy atom. The molecule has 0 bridgehead atoms. The van der Waals surface area contributed by atoms with Gasteiger partial charge in [-0.3, -0.25) is 0 Å². The summed E-state index contributed by atoms with van der Waals surface area (Å²) in [5.41, 5.74) is 4.18. The molecule has 0 aliphatic carbocycles. The van der Waals surface area contributed by atoms with Crippen LogP contribution in [0.1, 0.15) is 49.4 Å². The highest BCUT2D eigenvalue weighted by atomic mass is 127. The molecule has 0 amide bonds. The van der Waals surface area contributed by atoms with E-state index in [1.54, 1.807) is 0 Å². The molecule has 1 N–H and O–H groups in total. The molecule has 0 unspecified atom stereocenters. The number of ether oxygens (including phenoxy) is 9. The highest BCUT2D eigenvalue weighted by molar-refractivity contribution is 14.1. The molecular formula is C46H54I2O10. The number of hydrogen-bond donors (Lipinski definition) is 1. The maximum Gasteiger partial charge on any atom is 0.172 e. The summed E-state index contributed by atoms with van der Waals surface area (Å²) in [7, 11) is 0. The van der Waals surface area contributed by atoms with Gasteiger partial charge in [0.05, 0.1) is 64.8 Å². The Kier molecular flexibility index (Phi) is 16.4. The van der Waals surface area contributed by atoms with Gasteiger partial charge < -0.3 is 47.7 Å². The summed E-state index contributed by atoms with van der Waals surface area (Å²) in [6, 6.07) is 40.1. The largest absolute Gasteiger partial charge is 0.389 e. The van der Waals surface area contributed by atoms with E-state index in [9.17, 15) is 5.11 Å². The summed E-state index contributed by atoms with van der Waals surface area (Å²) in [4.78, 5) is 0. The molecule has 3 aliphatic heterocycles. The van der Waals surface area contributed by atoms with Crippen molar-refractivity contribution in [1.82, 2.24) is 0 Å². The Labute approximate surface area is 369 Å². The van der Waals surface area contributed by atoms with E-state index in [1.807, 2.05) is 142 Å². The monoisotopic (exact) mass is 1020 g/mol. The number of rotatable bonds is 16. The molecule has 0 spiro atoms. The average molecular weight is 1020 g/mol. The number of benzene rings is 4. The summed E-state index contributed by atoms with van der Waals surface area (Å²) in [5.74, 6) is 0. The summed E-state index contributed by atoms with van der Waals surface area (Å²) >= 11 is 4.59. The van der Waals surface area contributed by atoms with E-state index >= 15 is 0 Å². The van der Waals surface area contributed by atoms with E-state index in [4.69, 9.17) is 42.6 Å². The van der Waals surface area contributed by atoms with Gasteiger partial charge in [0.1, 0.15) is 24.4 Å². The number of aliphatic hydroxyl groups excluding tert-OH is 1. The molecule has 312 valence electrons. The SMILES string of the molecule is C[C@@H]1O[C@@H](O[C@@H]2[C@@H](I)[C@H](O[C@@H]3C[C@H](OCc4ccccc4)O[C@@H](C)[C@@H]3OCc3ccccc3)O[C@@H](C)[C@@H]2OCc2ccccc2)[C@H](I)[C@@H](O)[C@H]1OCc1ccccc1. The highest BCUT2D eigenvalue weighted by Crippen LogP contribution is 2.39. The van der Waals surface area contributed by atoms with Crippen LogP contribution in [-0.4, -0.2) is 86.8 Å². The average Bonchev–Trinajstić information content (AvgIpc) is 3.24. The molecule has 10 nitrogen and oxygen atoms in total. The topological polar surface area (TPSA) is 103 Å². The maximum absolute atomic E-state index is 11.6. The molecule has 7 rings (SSSR count). The fourth-order valence-electron chi connectivity index (χ4n) is 7.65. The van der Waals surface area contributed by atoms with Crippen molar-refractivity contribution in [2.45, 2.75) is 135 Å². The van der Waals surface area contributed by atoms with Crippen molar-refractivity contribution in [3.8, 4) is 0 Å². The van der Waals surface area contributed by atoms with Gasteiger partial charge in [-0.2, -0.15) is 0 Å². The van der Waals surface area contributed by atoms with E-state index < -0.39 is 71.6 Å². The van der Waals surface area contributed by atoms with Crippen molar-refractivity contribution in [1.29, 1.82) is 0 Å². The standard InChI is InChI=1S/C46H54I2O10/c1-29-41(51-26-33-18-10-5-11-19-33)36(24-37(54-29)50-25-32-16-8-4-9-17-32)57-46-39(48)44(43(31(3)56-46)53-28-35-22-14-7-15-23-35)58-45-38(47)40(49)42(30(2)55-45)52-27-34-20-12-6-13-21-34/h4-23,29-31,36-46,49H,24-28H2,1-3H3/t29-,30-,31-,36+,37+,38+,39+,40+,41-,42-,43-,44+,45-,46-/m0/s1. The Bertz CT molecular complexity index is 1780.